The minimum Gasteiger partial charge on any atom is -0.469 e. The standard InChI is InChI=1S/C12H21N5O3/c1-20-11(19)8-9-14-12(17-16-9)15-10(18)6-4-2-3-5-7-13/h2-8,13H2,1H3,(H2,14,15,16,17,18). The van der Waals surface area contributed by atoms with Gasteiger partial charge in [-0.2, -0.15) is 4.98 Å². The molecule has 8 nitrogen and oxygen atoms in total. The maximum atomic E-state index is 11.6. The topological polar surface area (TPSA) is 123 Å². The van der Waals surface area contributed by atoms with Crippen molar-refractivity contribution in [1.29, 1.82) is 0 Å². The molecular formula is C12H21N5O3. The number of H-pyrrole nitrogens is 1. The molecule has 0 saturated carbocycles. The Kier molecular flexibility index (Phi) is 7.26. The van der Waals surface area contributed by atoms with Crippen molar-refractivity contribution in [3.05, 3.63) is 5.82 Å². The zero-order valence-electron chi connectivity index (χ0n) is 11.6. The third kappa shape index (κ3) is 6.28. The highest BCUT2D eigenvalue weighted by atomic mass is 16.5. The van der Waals surface area contributed by atoms with Gasteiger partial charge in [-0.25, -0.2) is 0 Å². The minimum atomic E-state index is -0.418. The molecule has 1 rings (SSSR count). The van der Waals surface area contributed by atoms with Crippen molar-refractivity contribution in [2.24, 2.45) is 5.73 Å². The van der Waals surface area contributed by atoms with E-state index in [1.54, 1.807) is 0 Å². The first-order valence-electron chi connectivity index (χ1n) is 6.63. The first-order valence-corrected chi connectivity index (χ1v) is 6.63. The number of nitrogens with one attached hydrogen (secondary N) is 2. The Morgan fingerprint density at radius 3 is 2.75 bits per heavy atom. The number of hydrogen-bond donors (Lipinski definition) is 3. The SMILES string of the molecule is COC(=O)Cc1nc(NC(=O)CCCCCCN)n[nH]1. The van der Waals surface area contributed by atoms with E-state index in [4.69, 9.17) is 5.73 Å². The Balaban J connectivity index is 2.26. The van der Waals surface area contributed by atoms with Gasteiger partial charge in [0.15, 0.2) is 0 Å². The number of hydrogen-bond acceptors (Lipinski definition) is 6. The molecule has 0 aromatic carbocycles. The van der Waals surface area contributed by atoms with Crippen LogP contribution in [0.1, 0.15) is 37.9 Å². The van der Waals surface area contributed by atoms with E-state index in [1.807, 2.05) is 0 Å². The second-order valence-corrected chi connectivity index (χ2v) is 4.36. The number of nitrogens with zero attached hydrogens (tertiary/aromatic N) is 2. The highest BCUT2D eigenvalue weighted by Gasteiger charge is 2.10. The van der Waals surface area contributed by atoms with Crippen LogP contribution in [0.2, 0.25) is 0 Å². The van der Waals surface area contributed by atoms with E-state index in [0.29, 0.717) is 18.8 Å². The first kappa shape index (κ1) is 16.1. The molecular weight excluding hydrogens is 262 g/mol. The fraction of sp³-hybridized carbons (Fsp3) is 0.667. The normalized spacial score (nSPS) is 10.3. The van der Waals surface area contributed by atoms with Crippen molar-refractivity contribution in [1.82, 2.24) is 15.2 Å². The summed E-state index contributed by atoms with van der Waals surface area (Å²) < 4.78 is 4.51. The summed E-state index contributed by atoms with van der Waals surface area (Å²) in [7, 11) is 1.30. The first-order chi connectivity index (χ1) is 9.65. The van der Waals surface area contributed by atoms with Crippen LogP contribution in [0.15, 0.2) is 0 Å². The van der Waals surface area contributed by atoms with E-state index < -0.39 is 5.97 Å². The summed E-state index contributed by atoms with van der Waals surface area (Å²) in [6, 6.07) is 0. The third-order valence-corrected chi connectivity index (χ3v) is 2.68. The van der Waals surface area contributed by atoms with Gasteiger partial charge in [0.25, 0.3) is 0 Å². The summed E-state index contributed by atoms with van der Waals surface area (Å²) in [5.41, 5.74) is 5.39. The second-order valence-electron chi connectivity index (χ2n) is 4.36. The molecule has 0 aliphatic carbocycles. The van der Waals surface area contributed by atoms with E-state index in [1.165, 1.54) is 7.11 Å². The van der Waals surface area contributed by atoms with E-state index >= 15 is 0 Å². The number of ether oxygens (including phenoxy) is 1. The average Bonchev–Trinajstić information content (AvgIpc) is 2.85. The monoisotopic (exact) mass is 283 g/mol. The number of methoxy groups -OCH3 is 1. The molecule has 112 valence electrons. The Morgan fingerprint density at radius 1 is 1.30 bits per heavy atom. The molecule has 20 heavy (non-hydrogen) atoms. The molecule has 1 heterocycles. The molecule has 0 saturated heterocycles. The van der Waals surface area contributed by atoms with Gasteiger partial charge < -0.3 is 10.5 Å². The molecule has 0 atom stereocenters. The van der Waals surface area contributed by atoms with Crippen LogP contribution in [0, 0.1) is 0 Å². The Bertz CT molecular complexity index is 432. The van der Waals surface area contributed by atoms with Gasteiger partial charge in [-0.3, -0.25) is 20.0 Å². The molecule has 0 fully saturated rings. The van der Waals surface area contributed by atoms with Crippen LogP contribution < -0.4 is 11.1 Å². The predicted molar refractivity (Wildman–Crippen MR) is 72.9 cm³/mol. The van der Waals surface area contributed by atoms with Gasteiger partial charge >= 0.3 is 5.97 Å². The molecule has 1 aromatic heterocycles. The molecule has 0 spiro atoms. The molecule has 1 amide bonds. The summed E-state index contributed by atoms with van der Waals surface area (Å²) in [4.78, 5) is 26.6. The maximum Gasteiger partial charge on any atom is 0.313 e. The van der Waals surface area contributed by atoms with Crippen LogP contribution >= 0.6 is 0 Å². The molecule has 0 bridgehead atoms. The zero-order chi connectivity index (χ0) is 14.8. The van der Waals surface area contributed by atoms with Crippen molar-refractivity contribution in [2.45, 2.75) is 38.5 Å². The molecule has 4 N–H and O–H groups in total. The summed E-state index contributed by atoms with van der Waals surface area (Å²) in [5, 5.41) is 8.95. The van der Waals surface area contributed by atoms with Gasteiger partial charge in [-0.15, -0.1) is 5.10 Å². The summed E-state index contributed by atoms with van der Waals surface area (Å²) >= 11 is 0. The number of carbonyl (C=O) groups is 2. The van der Waals surface area contributed by atoms with Gasteiger partial charge in [0.2, 0.25) is 11.9 Å². The molecule has 0 unspecified atom stereocenters. The largest absolute Gasteiger partial charge is 0.469 e. The highest BCUT2D eigenvalue weighted by molar-refractivity contribution is 5.88. The number of unbranched alkanes of at least 4 members (excludes halogenated alkanes) is 3. The number of aromatic nitrogens is 3. The molecule has 0 aliphatic rings. The lowest BCUT2D eigenvalue weighted by molar-refractivity contribution is -0.139. The number of carbonyl (C=O) groups excluding carboxylic acids is 2. The van der Waals surface area contributed by atoms with Crippen molar-refractivity contribution >= 4 is 17.8 Å². The highest BCUT2D eigenvalue weighted by Crippen LogP contribution is 2.05. The van der Waals surface area contributed by atoms with Gasteiger partial charge in [-0.05, 0) is 19.4 Å². The van der Waals surface area contributed by atoms with Gasteiger partial charge in [0, 0.05) is 6.42 Å². The van der Waals surface area contributed by atoms with Crippen LogP contribution in [0.5, 0.6) is 0 Å². The second kappa shape index (κ2) is 9.03. The lowest BCUT2D eigenvalue weighted by atomic mass is 10.1. The Labute approximate surface area is 117 Å². The van der Waals surface area contributed by atoms with E-state index in [9.17, 15) is 9.59 Å². The molecule has 1 aromatic rings. The zero-order valence-corrected chi connectivity index (χ0v) is 11.6. The van der Waals surface area contributed by atoms with E-state index in [2.05, 4.69) is 25.2 Å². The lowest BCUT2D eigenvalue weighted by Gasteiger charge is -2.00. The number of nitrogens with two attached hydrogens (primary N) is 1. The predicted octanol–water partition coefficient (Wildman–Crippen LogP) is 0.368. The molecule has 0 radical (unpaired) electrons. The van der Waals surface area contributed by atoms with Crippen molar-refractivity contribution in [2.75, 3.05) is 19.0 Å². The number of amides is 1. The smallest absolute Gasteiger partial charge is 0.313 e. The van der Waals surface area contributed by atoms with E-state index in [0.717, 1.165) is 25.7 Å². The summed E-state index contributed by atoms with van der Waals surface area (Å²) in [6.07, 6.45) is 4.23. The fourth-order valence-corrected chi connectivity index (χ4v) is 1.61. The lowest BCUT2D eigenvalue weighted by Crippen LogP contribution is -2.12. The Hall–Kier alpha value is -1.96. The summed E-state index contributed by atoms with van der Waals surface area (Å²) in [6.45, 7) is 0.687. The van der Waals surface area contributed by atoms with Crippen LogP contribution in [0.25, 0.3) is 0 Å². The van der Waals surface area contributed by atoms with Crippen molar-refractivity contribution in [3.63, 3.8) is 0 Å². The van der Waals surface area contributed by atoms with Crippen LogP contribution in [-0.2, 0) is 20.7 Å². The Morgan fingerprint density at radius 2 is 2.05 bits per heavy atom. The minimum absolute atomic E-state index is 0.00153. The number of esters is 1. The third-order valence-electron chi connectivity index (χ3n) is 2.68. The number of anilines is 1. The van der Waals surface area contributed by atoms with Gasteiger partial charge in [0.05, 0.1) is 7.11 Å². The average molecular weight is 283 g/mol. The number of aromatic amines is 1. The number of rotatable bonds is 9. The van der Waals surface area contributed by atoms with Gasteiger partial charge in [-0.1, -0.05) is 12.8 Å². The summed E-state index contributed by atoms with van der Waals surface area (Å²) in [5.74, 6) is -0.0220. The molecule has 8 heteroatoms. The quantitative estimate of drug-likeness (QED) is 0.444. The van der Waals surface area contributed by atoms with Crippen molar-refractivity contribution < 1.29 is 14.3 Å². The van der Waals surface area contributed by atoms with Crippen LogP contribution in [-0.4, -0.2) is 40.7 Å². The maximum absolute atomic E-state index is 11.6. The molecule has 0 aliphatic heterocycles. The van der Waals surface area contributed by atoms with Crippen molar-refractivity contribution in [3.8, 4) is 0 Å². The fourth-order valence-electron chi connectivity index (χ4n) is 1.61. The van der Waals surface area contributed by atoms with E-state index in [-0.39, 0.29) is 18.3 Å². The van der Waals surface area contributed by atoms with Crippen LogP contribution in [0.4, 0.5) is 5.95 Å². The van der Waals surface area contributed by atoms with Crippen LogP contribution in [0.3, 0.4) is 0 Å². The van der Waals surface area contributed by atoms with Gasteiger partial charge in [0.1, 0.15) is 12.2 Å².